The maximum Gasteiger partial charge on any atom is 0.273 e. The van der Waals surface area contributed by atoms with Crippen molar-refractivity contribution in [1.29, 1.82) is 0 Å². The average Bonchev–Trinajstić information content (AvgIpc) is 2.82. The van der Waals surface area contributed by atoms with Gasteiger partial charge in [0, 0.05) is 18.9 Å². The Kier molecular flexibility index (Phi) is 3.79. The summed E-state index contributed by atoms with van der Waals surface area (Å²) in [6.45, 7) is 1.60. The molecule has 9 heteroatoms. The standard InChI is InChI=1S/C14H12ClF3N4O/c1-7-12(13(23)19-8-5-14(17,18)6-8)20-21-22(7)9-2-3-11(16)10(15)4-9/h2-4,8H,5-6H2,1H3,(H,19,23). The Morgan fingerprint density at radius 3 is 2.74 bits per heavy atom. The molecule has 1 aliphatic carbocycles. The Morgan fingerprint density at radius 2 is 2.13 bits per heavy atom. The van der Waals surface area contributed by atoms with Gasteiger partial charge in [-0.3, -0.25) is 4.79 Å². The summed E-state index contributed by atoms with van der Waals surface area (Å²) in [4.78, 5) is 12.1. The van der Waals surface area contributed by atoms with Gasteiger partial charge in [0.1, 0.15) is 5.82 Å². The molecule has 3 rings (SSSR count). The Hall–Kier alpha value is -2.09. The van der Waals surface area contributed by atoms with Crippen LogP contribution in [0.4, 0.5) is 13.2 Å². The van der Waals surface area contributed by atoms with Crippen molar-refractivity contribution in [2.75, 3.05) is 0 Å². The van der Waals surface area contributed by atoms with Crippen molar-refractivity contribution in [3.8, 4) is 5.69 Å². The van der Waals surface area contributed by atoms with Gasteiger partial charge in [-0.15, -0.1) is 5.10 Å². The highest BCUT2D eigenvalue weighted by Gasteiger charge is 2.46. The summed E-state index contributed by atoms with van der Waals surface area (Å²) in [5.74, 6) is -3.85. The van der Waals surface area contributed by atoms with Gasteiger partial charge in [0.15, 0.2) is 5.69 Å². The van der Waals surface area contributed by atoms with Gasteiger partial charge in [0.05, 0.1) is 16.4 Å². The normalized spacial score (nSPS) is 16.9. The first-order valence-electron chi connectivity index (χ1n) is 6.83. The van der Waals surface area contributed by atoms with Crippen molar-refractivity contribution in [3.05, 3.63) is 40.4 Å². The molecule has 0 radical (unpaired) electrons. The van der Waals surface area contributed by atoms with Crippen LogP contribution in [0.5, 0.6) is 0 Å². The second kappa shape index (κ2) is 5.52. The Morgan fingerprint density at radius 1 is 1.43 bits per heavy atom. The van der Waals surface area contributed by atoms with Gasteiger partial charge in [0.2, 0.25) is 0 Å². The number of benzene rings is 1. The fraction of sp³-hybridized carbons (Fsp3) is 0.357. The summed E-state index contributed by atoms with van der Waals surface area (Å²) >= 11 is 5.72. The van der Waals surface area contributed by atoms with Crippen LogP contribution in [0.1, 0.15) is 29.0 Å². The number of rotatable bonds is 3. The maximum absolute atomic E-state index is 13.2. The fourth-order valence-electron chi connectivity index (χ4n) is 2.42. The molecule has 2 aromatic rings. The number of amides is 1. The van der Waals surface area contributed by atoms with Crippen molar-refractivity contribution in [2.24, 2.45) is 0 Å². The van der Waals surface area contributed by atoms with Gasteiger partial charge >= 0.3 is 0 Å². The zero-order valence-corrected chi connectivity index (χ0v) is 12.7. The molecule has 0 spiro atoms. The van der Waals surface area contributed by atoms with E-state index in [-0.39, 0.29) is 23.6 Å². The van der Waals surface area contributed by atoms with Crippen molar-refractivity contribution < 1.29 is 18.0 Å². The third-order valence-corrected chi connectivity index (χ3v) is 3.97. The topological polar surface area (TPSA) is 59.8 Å². The van der Waals surface area contributed by atoms with Gasteiger partial charge < -0.3 is 5.32 Å². The van der Waals surface area contributed by atoms with E-state index >= 15 is 0 Å². The molecule has 0 atom stereocenters. The predicted octanol–water partition coefficient (Wildman–Crippen LogP) is 2.90. The van der Waals surface area contributed by atoms with Crippen LogP contribution in [0.25, 0.3) is 5.69 Å². The third-order valence-electron chi connectivity index (χ3n) is 3.68. The smallest absolute Gasteiger partial charge is 0.273 e. The molecule has 1 fully saturated rings. The molecule has 0 unspecified atom stereocenters. The molecule has 1 aromatic carbocycles. The molecule has 1 heterocycles. The first-order chi connectivity index (χ1) is 10.8. The molecule has 1 saturated carbocycles. The molecule has 1 amide bonds. The minimum Gasteiger partial charge on any atom is -0.347 e. The largest absolute Gasteiger partial charge is 0.347 e. The quantitative estimate of drug-likeness (QED) is 0.931. The lowest BCUT2D eigenvalue weighted by Crippen LogP contribution is -2.50. The number of hydrogen-bond donors (Lipinski definition) is 1. The second-order valence-corrected chi connectivity index (χ2v) is 5.88. The summed E-state index contributed by atoms with van der Waals surface area (Å²) in [5.41, 5.74) is 0.868. The predicted molar refractivity (Wildman–Crippen MR) is 76.5 cm³/mol. The van der Waals surface area contributed by atoms with E-state index in [2.05, 4.69) is 15.6 Å². The Bertz CT molecular complexity index is 769. The van der Waals surface area contributed by atoms with Crippen molar-refractivity contribution in [2.45, 2.75) is 31.7 Å². The van der Waals surface area contributed by atoms with Crippen LogP contribution >= 0.6 is 11.6 Å². The first-order valence-corrected chi connectivity index (χ1v) is 7.21. The van der Waals surface area contributed by atoms with Gasteiger partial charge in [-0.2, -0.15) is 0 Å². The van der Waals surface area contributed by atoms with E-state index in [4.69, 9.17) is 11.6 Å². The summed E-state index contributed by atoms with van der Waals surface area (Å²) in [5, 5.41) is 10.0. The third kappa shape index (κ3) is 3.03. The molecule has 0 bridgehead atoms. The fourth-order valence-corrected chi connectivity index (χ4v) is 2.59. The lowest BCUT2D eigenvalue weighted by Gasteiger charge is -2.35. The van der Waals surface area contributed by atoms with Gasteiger partial charge in [-0.25, -0.2) is 17.9 Å². The summed E-state index contributed by atoms with van der Waals surface area (Å²) in [6, 6.07) is 3.40. The Labute approximate surface area is 134 Å². The monoisotopic (exact) mass is 344 g/mol. The van der Waals surface area contributed by atoms with Gasteiger partial charge in [-0.1, -0.05) is 16.8 Å². The Balaban J connectivity index is 1.79. The van der Waals surface area contributed by atoms with Crippen molar-refractivity contribution in [1.82, 2.24) is 20.3 Å². The van der Waals surface area contributed by atoms with Crippen LogP contribution in [0.3, 0.4) is 0 Å². The van der Waals surface area contributed by atoms with Crippen LogP contribution < -0.4 is 5.32 Å². The number of carbonyl (C=O) groups is 1. The van der Waals surface area contributed by atoms with Crippen LogP contribution in [0.15, 0.2) is 18.2 Å². The number of nitrogens with zero attached hydrogens (tertiary/aromatic N) is 3. The maximum atomic E-state index is 13.2. The summed E-state index contributed by atoms with van der Waals surface area (Å²) in [7, 11) is 0. The van der Waals surface area contributed by atoms with E-state index in [1.54, 1.807) is 6.92 Å². The lowest BCUT2D eigenvalue weighted by molar-refractivity contribution is -0.0901. The zero-order valence-electron chi connectivity index (χ0n) is 12.0. The molecule has 0 aliphatic heterocycles. The first kappa shape index (κ1) is 15.8. The van der Waals surface area contributed by atoms with E-state index in [0.717, 1.165) is 0 Å². The van der Waals surface area contributed by atoms with E-state index in [1.165, 1.54) is 22.9 Å². The molecule has 1 N–H and O–H groups in total. The van der Waals surface area contributed by atoms with E-state index in [0.29, 0.717) is 11.4 Å². The molecule has 0 saturated heterocycles. The van der Waals surface area contributed by atoms with Gasteiger partial charge in [-0.05, 0) is 25.1 Å². The van der Waals surface area contributed by atoms with Gasteiger partial charge in [0.25, 0.3) is 11.8 Å². The number of carbonyl (C=O) groups excluding carboxylic acids is 1. The number of halogens is 4. The molecule has 1 aliphatic rings. The summed E-state index contributed by atoms with van der Waals surface area (Å²) < 4.78 is 40.1. The molecule has 5 nitrogen and oxygen atoms in total. The number of hydrogen-bond acceptors (Lipinski definition) is 3. The molecule has 122 valence electrons. The minimum absolute atomic E-state index is 0.0284. The second-order valence-electron chi connectivity index (χ2n) is 5.47. The van der Waals surface area contributed by atoms with E-state index in [9.17, 15) is 18.0 Å². The molecule has 23 heavy (non-hydrogen) atoms. The highest BCUT2D eigenvalue weighted by Crippen LogP contribution is 2.37. The van der Waals surface area contributed by atoms with Crippen molar-refractivity contribution in [3.63, 3.8) is 0 Å². The SMILES string of the molecule is Cc1c(C(=O)NC2CC(F)(F)C2)nnn1-c1ccc(F)c(Cl)c1. The molecule has 1 aromatic heterocycles. The number of nitrogens with one attached hydrogen (secondary N) is 1. The average molecular weight is 345 g/mol. The lowest BCUT2D eigenvalue weighted by atomic mass is 9.88. The zero-order chi connectivity index (χ0) is 16.8. The number of aromatic nitrogens is 3. The van der Waals surface area contributed by atoms with Crippen LogP contribution in [-0.2, 0) is 0 Å². The molecular formula is C14H12ClF3N4O. The van der Waals surface area contributed by atoms with Crippen LogP contribution in [-0.4, -0.2) is 32.9 Å². The van der Waals surface area contributed by atoms with E-state index < -0.39 is 23.7 Å². The van der Waals surface area contributed by atoms with Crippen LogP contribution in [0.2, 0.25) is 5.02 Å². The van der Waals surface area contributed by atoms with Crippen molar-refractivity contribution >= 4 is 17.5 Å². The van der Waals surface area contributed by atoms with Crippen LogP contribution in [0, 0.1) is 12.7 Å². The van der Waals surface area contributed by atoms with E-state index in [1.807, 2.05) is 0 Å². The summed E-state index contributed by atoms with van der Waals surface area (Å²) in [6.07, 6.45) is -0.751. The highest BCUT2D eigenvalue weighted by molar-refractivity contribution is 6.30. The molecular weight excluding hydrogens is 333 g/mol. The number of alkyl halides is 2. The minimum atomic E-state index is -2.71. The highest BCUT2D eigenvalue weighted by atomic mass is 35.5.